The predicted octanol–water partition coefficient (Wildman–Crippen LogP) is 4.57. The van der Waals surface area contributed by atoms with Crippen molar-refractivity contribution in [1.82, 2.24) is 4.98 Å². The lowest BCUT2D eigenvalue weighted by atomic mass is 10.1. The van der Waals surface area contributed by atoms with Crippen molar-refractivity contribution in [3.05, 3.63) is 58.9 Å². The van der Waals surface area contributed by atoms with Gasteiger partial charge in [0, 0.05) is 16.1 Å². The molecule has 0 aliphatic heterocycles. The minimum Gasteiger partial charge on any atom is -0.464 e. The van der Waals surface area contributed by atoms with Crippen LogP contribution in [0.5, 0.6) is 0 Å². The van der Waals surface area contributed by atoms with Crippen LogP contribution in [0.15, 0.2) is 62.8 Å². The van der Waals surface area contributed by atoms with Gasteiger partial charge in [-0.3, -0.25) is 4.79 Å². The summed E-state index contributed by atoms with van der Waals surface area (Å²) in [7, 11) is 0. The summed E-state index contributed by atoms with van der Waals surface area (Å²) in [6.45, 7) is 0. The molecule has 3 aromatic rings. The van der Waals surface area contributed by atoms with Gasteiger partial charge in [-0.05, 0) is 34.1 Å². The number of ketones is 1. The molecule has 0 saturated carbocycles. The van der Waals surface area contributed by atoms with Crippen LogP contribution in [0.25, 0.3) is 11.0 Å². The number of carbonyl (C=O) groups is 1. The number of thioether (sulfide) groups is 1. The summed E-state index contributed by atoms with van der Waals surface area (Å²) >= 11 is 4.75. The van der Waals surface area contributed by atoms with Gasteiger partial charge in [0.25, 0.3) is 0 Å². The topological polar surface area (TPSA) is 43.1 Å². The lowest BCUT2D eigenvalue weighted by molar-refractivity contribution is 0.102. The van der Waals surface area contributed by atoms with Gasteiger partial charge in [-0.25, -0.2) is 4.98 Å². The third-order valence-electron chi connectivity index (χ3n) is 2.83. The second-order valence-electron chi connectivity index (χ2n) is 4.17. The molecule has 0 bridgehead atoms. The molecule has 0 saturated heterocycles. The van der Waals surface area contributed by atoms with Gasteiger partial charge in [-0.1, -0.05) is 30.0 Å². The molecule has 20 heavy (non-hydrogen) atoms. The number of nitrogens with zero attached hydrogens (tertiary/aromatic N) is 1. The first-order valence-corrected chi connectivity index (χ1v) is 7.76. The molecule has 0 fully saturated rings. The molecule has 2 aromatic heterocycles. The molecular weight excluding hydrogens is 338 g/mol. The highest BCUT2D eigenvalue weighted by molar-refractivity contribution is 9.10. The van der Waals surface area contributed by atoms with Gasteiger partial charge in [0.2, 0.25) is 0 Å². The highest BCUT2D eigenvalue weighted by Crippen LogP contribution is 2.24. The van der Waals surface area contributed by atoms with E-state index in [2.05, 4.69) is 20.9 Å². The number of carbonyl (C=O) groups excluding carboxylic acids is 1. The number of pyridine rings is 1. The Bertz CT molecular complexity index is 752. The predicted molar refractivity (Wildman–Crippen MR) is 83.2 cm³/mol. The number of aromatic nitrogens is 1. The maximum Gasteiger partial charge on any atom is 0.176 e. The average Bonchev–Trinajstić information content (AvgIpc) is 2.90. The van der Waals surface area contributed by atoms with Crippen molar-refractivity contribution in [3.63, 3.8) is 0 Å². The Balaban J connectivity index is 1.75. The number of rotatable bonds is 4. The van der Waals surface area contributed by atoms with E-state index < -0.39 is 0 Å². The van der Waals surface area contributed by atoms with E-state index in [1.54, 1.807) is 6.20 Å². The molecule has 0 aliphatic carbocycles. The molecule has 0 spiro atoms. The molecule has 0 aliphatic rings. The van der Waals surface area contributed by atoms with E-state index in [4.69, 9.17) is 4.42 Å². The van der Waals surface area contributed by atoms with Crippen molar-refractivity contribution in [2.24, 2.45) is 0 Å². The van der Waals surface area contributed by atoms with Crippen LogP contribution in [0.4, 0.5) is 0 Å². The zero-order chi connectivity index (χ0) is 13.9. The van der Waals surface area contributed by atoms with Crippen molar-refractivity contribution >= 4 is 44.4 Å². The summed E-state index contributed by atoms with van der Waals surface area (Å²) in [6, 6.07) is 11.3. The summed E-state index contributed by atoms with van der Waals surface area (Å²) in [6.07, 6.45) is 3.25. The fourth-order valence-corrected chi connectivity index (χ4v) is 2.82. The standard InChI is InChI=1S/C15H10BrNO2S/c16-10-5-6-15(17-7-10)20-9-13(18)12-8-19-14-4-2-1-3-11(12)14/h1-8H,9H2. The molecular formula is C15H10BrNO2S. The minimum absolute atomic E-state index is 0.0460. The molecule has 5 heteroatoms. The van der Waals surface area contributed by atoms with E-state index in [9.17, 15) is 4.79 Å². The molecule has 0 amide bonds. The number of hydrogen-bond donors (Lipinski definition) is 0. The molecule has 0 radical (unpaired) electrons. The summed E-state index contributed by atoms with van der Waals surface area (Å²) in [5.41, 5.74) is 1.37. The summed E-state index contributed by atoms with van der Waals surface area (Å²) < 4.78 is 6.31. The summed E-state index contributed by atoms with van der Waals surface area (Å²) in [4.78, 5) is 16.5. The van der Waals surface area contributed by atoms with E-state index in [0.717, 1.165) is 20.5 Å². The van der Waals surface area contributed by atoms with E-state index in [0.29, 0.717) is 11.3 Å². The maximum absolute atomic E-state index is 12.2. The van der Waals surface area contributed by atoms with Crippen LogP contribution >= 0.6 is 27.7 Å². The van der Waals surface area contributed by atoms with Gasteiger partial charge in [-0.2, -0.15) is 0 Å². The van der Waals surface area contributed by atoms with Crippen LogP contribution in [0, 0.1) is 0 Å². The van der Waals surface area contributed by atoms with Crippen molar-refractivity contribution in [2.75, 3.05) is 5.75 Å². The maximum atomic E-state index is 12.2. The Labute approximate surface area is 128 Å². The molecule has 2 heterocycles. The van der Waals surface area contributed by atoms with Crippen LogP contribution in [-0.2, 0) is 0 Å². The number of benzene rings is 1. The zero-order valence-electron chi connectivity index (χ0n) is 10.4. The first-order valence-electron chi connectivity index (χ1n) is 5.98. The Morgan fingerprint density at radius 3 is 2.90 bits per heavy atom. The lowest BCUT2D eigenvalue weighted by Crippen LogP contribution is -2.01. The summed E-state index contributed by atoms with van der Waals surface area (Å²) in [5, 5.41) is 1.69. The lowest BCUT2D eigenvalue weighted by Gasteiger charge is -2.00. The molecule has 0 N–H and O–H groups in total. The monoisotopic (exact) mass is 347 g/mol. The fraction of sp³-hybridized carbons (Fsp3) is 0.0667. The van der Waals surface area contributed by atoms with Gasteiger partial charge in [0.15, 0.2) is 5.78 Å². The van der Waals surface area contributed by atoms with E-state index >= 15 is 0 Å². The van der Waals surface area contributed by atoms with Gasteiger partial charge in [-0.15, -0.1) is 0 Å². The molecule has 100 valence electrons. The normalized spacial score (nSPS) is 10.8. The van der Waals surface area contributed by atoms with Crippen molar-refractivity contribution in [1.29, 1.82) is 0 Å². The Hall–Kier alpha value is -1.59. The molecule has 1 aromatic carbocycles. The largest absolute Gasteiger partial charge is 0.464 e. The number of hydrogen-bond acceptors (Lipinski definition) is 4. The second kappa shape index (κ2) is 5.81. The highest BCUT2D eigenvalue weighted by atomic mass is 79.9. The van der Waals surface area contributed by atoms with Gasteiger partial charge in [0.1, 0.15) is 11.8 Å². The van der Waals surface area contributed by atoms with Crippen molar-refractivity contribution in [2.45, 2.75) is 5.03 Å². The van der Waals surface area contributed by atoms with Crippen LogP contribution in [0.3, 0.4) is 0 Å². The molecule has 0 unspecified atom stereocenters. The molecule has 3 nitrogen and oxygen atoms in total. The Morgan fingerprint density at radius 2 is 2.10 bits per heavy atom. The second-order valence-corrected chi connectivity index (χ2v) is 6.08. The Morgan fingerprint density at radius 1 is 1.25 bits per heavy atom. The van der Waals surface area contributed by atoms with Crippen LogP contribution < -0.4 is 0 Å². The minimum atomic E-state index is 0.0460. The number of fused-ring (bicyclic) bond motifs is 1. The molecule has 0 atom stereocenters. The van der Waals surface area contributed by atoms with Gasteiger partial charge >= 0.3 is 0 Å². The first-order chi connectivity index (χ1) is 9.74. The number of halogens is 1. The number of Topliss-reactive ketones (excluding diaryl/α,β-unsaturated/α-hetero) is 1. The van der Waals surface area contributed by atoms with Gasteiger partial charge in [0.05, 0.1) is 16.3 Å². The van der Waals surface area contributed by atoms with Crippen molar-refractivity contribution in [3.8, 4) is 0 Å². The summed E-state index contributed by atoms with van der Waals surface area (Å²) in [5.74, 6) is 0.391. The zero-order valence-corrected chi connectivity index (χ0v) is 12.8. The SMILES string of the molecule is O=C(CSc1ccc(Br)cn1)c1coc2ccccc12. The Kier molecular flexibility index (Phi) is 3.89. The van der Waals surface area contributed by atoms with Crippen LogP contribution in [0.1, 0.15) is 10.4 Å². The highest BCUT2D eigenvalue weighted by Gasteiger charge is 2.13. The first kappa shape index (κ1) is 13.4. The van der Waals surface area contributed by atoms with Gasteiger partial charge < -0.3 is 4.42 Å². The third-order valence-corrected chi connectivity index (χ3v) is 4.25. The van der Waals surface area contributed by atoms with E-state index in [1.165, 1.54) is 18.0 Å². The molecule has 3 rings (SSSR count). The number of furan rings is 1. The van der Waals surface area contributed by atoms with Crippen molar-refractivity contribution < 1.29 is 9.21 Å². The van der Waals surface area contributed by atoms with E-state index in [1.807, 2.05) is 36.4 Å². The number of para-hydroxylation sites is 1. The fourth-order valence-electron chi connectivity index (χ4n) is 1.86. The smallest absolute Gasteiger partial charge is 0.176 e. The van der Waals surface area contributed by atoms with Crippen LogP contribution in [0.2, 0.25) is 0 Å². The quantitative estimate of drug-likeness (QED) is 0.512. The van der Waals surface area contributed by atoms with E-state index in [-0.39, 0.29) is 5.78 Å². The third kappa shape index (κ3) is 2.78. The average molecular weight is 348 g/mol. The van der Waals surface area contributed by atoms with Crippen LogP contribution in [-0.4, -0.2) is 16.5 Å².